The lowest BCUT2D eigenvalue weighted by Gasteiger charge is -2.19. The van der Waals surface area contributed by atoms with Crippen LogP contribution < -0.4 is 4.57 Å². The van der Waals surface area contributed by atoms with E-state index in [-0.39, 0.29) is 5.41 Å². The average Bonchev–Trinajstić information content (AvgIpc) is 2.94. The van der Waals surface area contributed by atoms with E-state index >= 15 is 0 Å². The zero-order valence-corrected chi connectivity index (χ0v) is 20.9. The van der Waals surface area contributed by atoms with Crippen molar-refractivity contribution in [2.24, 2.45) is 18.4 Å². The highest BCUT2D eigenvalue weighted by Crippen LogP contribution is 2.47. The van der Waals surface area contributed by atoms with Crippen molar-refractivity contribution in [2.45, 2.75) is 68.2 Å². The Balaban J connectivity index is 2.09. The van der Waals surface area contributed by atoms with Gasteiger partial charge in [0.15, 0.2) is 6.20 Å². The van der Waals surface area contributed by atoms with Gasteiger partial charge < -0.3 is 0 Å². The molecule has 0 aliphatic heterocycles. The summed E-state index contributed by atoms with van der Waals surface area (Å²) >= 11 is 0. The molecule has 4 rings (SSSR count). The molecule has 3 aromatic rings. The van der Waals surface area contributed by atoms with Gasteiger partial charge in [-0.3, -0.25) is 0 Å². The van der Waals surface area contributed by atoms with E-state index in [4.69, 9.17) is 0 Å². The van der Waals surface area contributed by atoms with Crippen LogP contribution in [-0.4, -0.2) is 0 Å². The van der Waals surface area contributed by atoms with Gasteiger partial charge in [0.25, 0.3) is 0 Å². The lowest BCUT2D eigenvalue weighted by molar-refractivity contribution is -0.672. The molecule has 1 heteroatoms. The molecule has 0 fully saturated rings. The first-order valence-corrected chi connectivity index (χ1v) is 11.7. The van der Waals surface area contributed by atoms with Gasteiger partial charge >= 0.3 is 0 Å². The Morgan fingerprint density at radius 1 is 0.935 bits per heavy atom. The largest absolute Gasteiger partial charge is 0.221 e. The molecule has 1 aliphatic rings. The average molecular weight is 413 g/mol. The monoisotopic (exact) mass is 412 g/mol. The van der Waals surface area contributed by atoms with Gasteiger partial charge in [-0.1, -0.05) is 64.4 Å². The Morgan fingerprint density at radius 3 is 2.29 bits per heavy atom. The fourth-order valence-electron chi connectivity index (χ4n) is 5.31. The van der Waals surface area contributed by atoms with Crippen LogP contribution in [0.1, 0.15) is 80.1 Å². The van der Waals surface area contributed by atoms with Crippen molar-refractivity contribution >= 4 is 21.9 Å². The number of aryl methyl sites for hydroxylation is 3. The highest BCUT2D eigenvalue weighted by molar-refractivity contribution is 6.16. The van der Waals surface area contributed by atoms with Crippen molar-refractivity contribution < 1.29 is 4.57 Å². The Kier molecular flexibility index (Phi) is 5.36. The molecule has 1 aromatic heterocycles. The van der Waals surface area contributed by atoms with Crippen LogP contribution in [0.3, 0.4) is 0 Å². The van der Waals surface area contributed by atoms with E-state index in [1.165, 1.54) is 61.0 Å². The van der Waals surface area contributed by atoms with E-state index in [0.29, 0.717) is 5.92 Å². The summed E-state index contributed by atoms with van der Waals surface area (Å²) in [4.78, 5) is 0. The Labute approximate surface area is 188 Å². The summed E-state index contributed by atoms with van der Waals surface area (Å²) in [6.45, 7) is 18.5. The molecule has 31 heavy (non-hydrogen) atoms. The van der Waals surface area contributed by atoms with Gasteiger partial charge in [-0.25, -0.2) is 4.57 Å². The zero-order valence-electron chi connectivity index (χ0n) is 20.9. The van der Waals surface area contributed by atoms with Crippen molar-refractivity contribution in [2.75, 3.05) is 0 Å². The van der Waals surface area contributed by atoms with Crippen LogP contribution in [0.2, 0.25) is 0 Å². The Hall–Kier alpha value is -2.41. The van der Waals surface area contributed by atoms with E-state index in [0.717, 1.165) is 12.8 Å². The van der Waals surface area contributed by atoms with Crippen molar-refractivity contribution in [1.82, 2.24) is 0 Å². The summed E-state index contributed by atoms with van der Waals surface area (Å²) < 4.78 is 2.34. The number of allylic oxidation sites excluding steroid dienone is 1. The van der Waals surface area contributed by atoms with Crippen molar-refractivity contribution in [1.29, 1.82) is 0 Å². The van der Waals surface area contributed by atoms with Gasteiger partial charge in [0, 0.05) is 6.07 Å². The lowest BCUT2D eigenvalue weighted by Crippen LogP contribution is -2.32. The van der Waals surface area contributed by atoms with E-state index in [1.54, 1.807) is 0 Å². The van der Waals surface area contributed by atoms with Crippen LogP contribution in [0.15, 0.2) is 36.5 Å². The maximum Gasteiger partial charge on any atom is 0.221 e. The van der Waals surface area contributed by atoms with Crippen LogP contribution in [0.5, 0.6) is 0 Å². The van der Waals surface area contributed by atoms with Gasteiger partial charge in [-0.15, -0.1) is 0 Å². The van der Waals surface area contributed by atoms with Crippen LogP contribution in [0.4, 0.5) is 0 Å². The number of pyridine rings is 1. The topological polar surface area (TPSA) is 3.88 Å². The fourth-order valence-corrected chi connectivity index (χ4v) is 5.31. The van der Waals surface area contributed by atoms with E-state index < -0.39 is 0 Å². The smallest absolute Gasteiger partial charge is 0.200 e. The van der Waals surface area contributed by atoms with Gasteiger partial charge in [0.05, 0.1) is 11.0 Å². The summed E-state index contributed by atoms with van der Waals surface area (Å²) in [5.74, 6) is 0.608. The molecule has 1 heterocycles. The molecular weight excluding hydrogens is 374 g/mol. The molecule has 0 spiro atoms. The van der Waals surface area contributed by atoms with Crippen LogP contribution >= 0.6 is 0 Å². The molecule has 1 nitrogen and oxygen atoms in total. The maximum atomic E-state index is 2.50. The Bertz CT molecular complexity index is 1220. The second kappa shape index (κ2) is 7.62. The molecule has 0 atom stereocenters. The van der Waals surface area contributed by atoms with Crippen LogP contribution in [0.25, 0.3) is 21.9 Å². The first-order valence-electron chi connectivity index (χ1n) is 11.7. The maximum absolute atomic E-state index is 2.50. The molecule has 0 unspecified atom stereocenters. The van der Waals surface area contributed by atoms with E-state index in [1.807, 2.05) is 0 Å². The molecule has 0 N–H and O–H groups in total. The normalized spacial score (nSPS) is 13.7. The molecule has 1 aliphatic carbocycles. The SMILES string of the molecule is Cc1cc(C)c(C)c(C2=C(CC(C)C)c3cc(CC(C)(C)C)cc4cc[n+](C)c2c34)c1. The van der Waals surface area contributed by atoms with Crippen LogP contribution in [0, 0.1) is 32.1 Å². The summed E-state index contributed by atoms with van der Waals surface area (Å²) in [6.07, 6.45) is 4.45. The van der Waals surface area contributed by atoms with Gasteiger partial charge in [-0.05, 0) is 83.7 Å². The third kappa shape index (κ3) is 3.95. The molecule has 162 valence electrons. The number of aromatic nitrogens is 1. The van der Waals surface area contributed by atoms with E-state index in [9.17, 15) is 0 Å². The third-order valence-electron chi connectivity index (χ3n) is 6.59. The number of hydrogen-bond donors (Lipinski definition) is 0. The lowest BCUT2D eigenvalue weighted by atomic mass is 9.85. The third-order valence-corrected chi connectivity index (χ3v) is 6.59. The number of benzene rings is 2. The van der Waals surface area contributed by atoms with Gasteiger partial charge in [0.1, 0.15) is 7.05 Å². The Morgan fingerprint density at radius 2 is 1.65 bits per heavy atom. The molecular formula is C30H38N+. The number of nitrogens with zero attached hydrogens (tertiary/aromatic N) is 1. The van der Waals surface area contributed by atoms with Crippen molar-refractivity contribution in [3.8, 4) is 0 Å². The second-order valence-corrected chi connectivity index (χ2v) is 11.3. The summed E-state index contributed by atoms with van der Waals surface area (Å²) in [7, 11) is 2.21. The van der Waals surface area contributed by atoms with Crippen molar-refractivity contribution in [3.63, 3.8) is 0 Å². The highest BCUT2D eigenvalue weighted by atomic mass is 14.9. The predicted octanol–water partition coefficient (Wildman–Crippen LogP) is 7.50. The highest BCUT2D eigenvalue weighted by Gasteiger charge is 2.34. The fraction of sp³-hybridized carbons (Fsp3) is 0.433. The zero-order chi connectivity index (χ0) is 22.7. The standard InChI is InChI=1S/C30H38N/c1-18(2)12-25-26-16-22(17-30(6,7)8)15-23-10-11-31(9)29(27(23)26)28(25)24-14-19(3)13-20(4)21(24)5/h10-11,13-16,18H,12,17H2,1-9H3/q+1. The van der Waals surface area contributed by atoms with Crippen LogP contribution in [-0.2, 0) is 13.5 Å². The molecule has 0 radical (unpaired) electrons. The first-order chi connectivity index (χ1) is 14.5. The minimum atomic E-state index is 0.274. The van der Waals surface area contributed by atoms with E-state index in [2.05, 4.69) is 104 Å². The summed E-state index contributed by atoms with van der Waals surface area (Å²) in [6, 6.07) is 11.9. The van der Waals surface area contributed by atoms with Crippen molar-refractivity contribution in [3.05, 3.63) is 75.6 Å². The molecule has 0 saturated carbocycles. The molecule has 0 saturated heterocycles. The first kappa shape index (κ1) is 21.8. The molecule has 0 bridgehead atoms. The minimum absolute atomic E-state index is 0.274. The summed E-state index contributed by atoms with van der Waals surface area (Å²) in [5, 5.41) is 2.81. The van der Waals surface area contributed by atoms with Gasteiger partial charge in [-0.2, -0.15) is 0 Å². The molecule has 2 aromatic carbocycles. The van der Waals surface area contributed by atoms with Gasteiger partial charge in [0.2, 0.25) is 5.69 Å². The second-order valence-electron chi connectivity index (χ2n) is 11.3. The predicted molar refractivity (Wildman–Crippen MR) is 134 cm³/mol. The molecule has 0 amide bonds. The summed E-state index contributed by atoms with van der Waals surface area (Å²) in [5.41, 5.74) is 13.1. The quantitative estimate of drug-likeness (QED) is 0.391. The number of hydrogen-bond acceptors (Lipinski definition) is 0. The number of rotatable bonds is 4. The minimum Gasteiger partial charge on any atom is -0.200 e.